The fourth-order valence-corrected chi connectivity index (χ4v) is 3.11. The normalized spacial score (nSPS) is 18.2. The minimum atomic E-state index is -0.841. The van der Waals surface area contributed by atoms with Crippen molar-refractivity contribution in [1.29, 1.82) is 0 Å². The summed E-state index contributed by atoms with van der Waals surface area (Å²) in [5.41, 5.74) is 2.18. The monoisotopic (exact) mass is 379 g/mol. The van der Waals surface area contributed by atoms with Gasteiger partial charge in [0.05, 0.1) is 12.2 Å². The van der Waals surface area contributed by atoms with Crippen molar-refractivity contribution in [3.8, 4) is 5.75 Å². The van der Waals surface area contributed by atoms with Crippen LogP contribution in [0.5, 0.6) is 5.75 Å². The van der Waals surface area contributed by atoms with Gasteiger partial charge in [0, 0.05) is 0 Å². The standard InChI is InChI=1S/C21H18FN3O3/c22-15-6-2-1-5-14(15)9-13-10-17(23-11-13)20(26)25-18-12-28-19-8-4-3-7-16(19)24-21(18)27/h1-8,10,18H,9,11-12H2,(H,24,27)(H,25,26)/t18-/m1/s1. The molecule has 0 saturated heterocycles. The van der Waals surface area contributed by atoms with Gasteiger partial charge in [-0.3, -0.25) is 14.6 Å². The van der Waals surface area contributed by atoms with Crippen LogP contribution in [0.3, 0.4) is 0 Å². The molecule has 0 aromatic heterocycles. The van der Waals surface area contributed by atoms with Gasteiger partial charge in [0.25, 0.3) is 11.8 Å². The fourth-order valence-electron chi connectivity index (χ4n) is 3.11. The van der Waals surface area contributed by atoms with Gasteiger partial charge in [0.2, 0.25) is 0 Å². The van der Waals surface area contributed by atoms with E-state index in [1.165, 1.54) is 6.07 Å². The van der Waals surface area contributed by atoms with Gasteiger partial charge in [-0.05, 0) is 41.8 Å². The molecular formula is C21H18FN3O3. The van der Waals surface area contributed by atoms with Crippen LogP contribution in [0.1, 0.15) is 5.56 Å². The second-order valence-corrected chi connectivity index (χ2v) is 6.59. The van der Waals surface area contributed by atoms with E-state index in [4.69, 9.17) is 4.74 Å². The van der Waals surface area contributed by atoms with Crippen molar-refractivity contribution < 1.29 is 18.7 Å². The molecule has 4 rings (SSSR count). The molecule has 2 aromatic rings. The Bertz CT molecular complexity index is 1000. The zero-order valence-electron chi connectivity index (χ0n) is 14.9. The molecule has 2 aliphatic rings. The zero-order valence-corrected chi connectivity index (χ0v) is 14.9. The number of nitrogens with zero attached hydrogens (tertiary/aromatic N) is 1. The molecule has 2 N–H and O–H groups in total. The summed E-state index contributed by atoms with van der Waals surface area (Å²) in [7, 11) is 0. The summed E-state index contributed by atoms with van der Waals surface area (Å²) >= 11 is 0. The number of halogens is 1. The lowest BCUT2D eigenvalue weighted by Gasteiger charge is -2.14. The third-order valence-electron chi connectivity index (χ3n) is 4.57. The van der Waals surface area contributed by atoms with Crippen molar-refractivity contribution in [1.82, 2.24) is 5.32 Å². The number of carbonyl (C=O) groups excluding carboxylic acids is 2. The van der Waals surface area contributed by atoms with Gasteiger partial charge in [0.1, 0.15) is 29.9 Å². The van der Waals surface area contributed by atoms with E-state index in [1.54, 1.807) is 48.5 Å². The molecular weight excluding hydrogens is 361 g/mol. The number of anilines is 1. The van der Waals surface area contributed by atoms with Gasteiger partial charge in [-0.1, -0.05) is 30.3 Å². The van der Waals surface area contributed by atoms with Crippen molar-refractivity contribution in [3.63, 3.8) is 0 Å². The van der Waals surface area contributed by atoms with Gasteiger partial charge < -0.3 is 15.4 Å². The number of amides is 2. The Labute approximate surface area is 161 Å². The highest BCUT2D eigenvalue weighted by molar-refractivity contribution is 6.44. The minimum absolute atomic E-state index is 0.0215. The lowest BCUT2D eigenvalue weighted by molar-refractivity contribution is -0.123. The molecule has 1 atom stereocenters. The number of nitrogens with one attached hydrogen (secondary N) is 2. The SMILES string of the molecule is O=C(N[C@@H]1COc2ccccc2NC1=O)C1=NCC(Cc2ccccc2F)=C1. The number of fused-ring (bicyclic) bond motifs is 1. The minimum Gasteiger partial charge on any atom is -0.489 e. The number of rotatable bonds is 4. The van der Waals surface area contributed by atoms with Gasteiger partial charge >= 0.3 is 0 Å². The van der Waals surface area contributed by atoms with E-state index < -0.39 is 11.9 Å². The fraction of sp³-hybridized carbons (Fsp3) is 0.190. The number of benzene rings is 2. The maximum absolute atomic E-state index is 13.8. The van der Waals surface area contributed by atoms with Crippen molar-refractivity contribution in [3.05, 3.63) is 71.6 Å². The van der Waals surface area contributed by atoms with Crippen LogP contribution in [0, 0.1) is 5.82 Å². The van der Waals surface area contributed by atoms with Crippen LogP contribution in [0.4, 0.5) is 10.1 Å². The third kappa shape index (κ3) is 3.78. The first kappa shape index (κ1) is 17.9. The summed E-state index contributed by atoms with van der Waals surface area (Å²) < 4.78 is 19.4. The van der Waals surface area contributed by atoms with Gasteiger partial charge in [0.15, 0.2) is 0 Å². The molecule has 2 heterocycles. The second kappa shape index (κ2) is 7.64. The first-order chi connectivity index (χ1) is 13.6. The van der Waals surface area contributed by atoms with E-state index in [-0.39, 0.29) is 24.0 Å². The van der Waals surface area contributed by atoms with E-state index in [0.29, 0.717) is 30.0 Å². The van der Waals surface area contributed by atoms with Crippen LogP contribution < -0.4 is 15.4 Å². The maximum Gasteiger partial charge on any atom is 0.270 e. The van der Waals surface area contributed by atoms with E-state index in [9.17, 15) is 14.0 Å². The molecule has 2 aromatic carbocycles. The molecule has 7 heteroatoms. The predicted octanol–water partition coefficient (Wildman–Crippen LogP) is 2.27. The predicted molar refractivity (Wildman–Crippen MR) is 103 cm³/mol. The number of aliphatic imine (C=N–C) groups is 1. The summed E-state index contributed by atoms with van der Waals surface area (Å²) in [5, 5.41) is 5.40. The van der Waals surface area contributed by atoms with Crippen LogP contribution in [-0.4, -0.2) is 36.7 Å². The number of carbonyl (C=O) groups is 2. The Morgan fingerprint density at radius 2 is 2.00 bits per heavy atom. The molecule has 6 nitrogen and oxygen atoms in total. The zero-order chi connectivity index (χ0) is 19.5. The molecule has 0 aliphatic carbocycles. The summed E-state index contributed by atoms with van der Waals surface area (Å²) in [6.45, 7) is 0.351. The highest BCUT2D eigenvalue weighted by atomic mass is 19.1. The number of para-hydroxylation sites is 2. The Kier molecular flexibility index (Phi) is 4.89. The van der Waals surface area contributed by atoms with Crippen LogP contribution in [-0.2, 0) is 16.0 Å². The van der Waals surface area contributed by atoms with Crippen molar-refractivity contribution in [2.75, 3.05) is 18.5 Å². The first-order valence-corrected chi connectivity index (χ1v) is 8.91. The first-order valence-electron chi connectivity index (χ1n) is 8.91. The molecule has 0 radical (unpaired) electrons. The Morgan fingerprint density at radius 3 is 2.86 bits per heavy atom. The molecule has 0 fully saturated rings. The molecule has 142 valence electrons. The van der Waals surface area contributed by atoms with Crippen LogP contribution in [0.15, 0.2) is 65.2 Å². The molecule has 0 bridgehead atoms. The van der Waals surface area contributed by atoms with Gasteiger partial charge in [-0.15, -0.1) is 0 Å². The molecule has 0 unspecified atom stereocenters. The van der Waals surface area contributed by atoms with E-state index in [0.717, 1.165) is 5.57 Å². The van der Waals surface area contributed by atoms with E-state index in [2.05, 4.69) is 15.6 Å². The number of hydrogen-bond acceptors (Lipinski definition) is 4. The van der Waals surface area contributed by atoms with Crippen molar-refractivity contribution in [2.24, 2.45) is 4.99 Å². The third-order valence-corrected chi connectivity index (χ3v) is 4.57. The van der Waals surface area contributed by atoms with Crippen molar-refractivity contribution >= 4 is 23.2 Å². The average molecular weight is 379 g/mol. The molecule has 0 saturated carbocycles. The maximum atomic E-state index is 13.8. The number of hydrogen-bond donors (Lipinski definition) is 2. The Hall–Kier alpha value is -3.48. The quantitative estimate of drug-likeness (QED) is 0.855. The summed E-state index contributed by atoms with van der Waals surface area (Å²) in [4.78, 5) is 29.1. The molecule has 0 spiro atoms. The molecule has 2 amide bonds. The summed E-state index contributed by atoms with van der Waals surface area (Å²) in [6, 6.07) is 12.7. The van der Waals surface area contributed by atoms with Gasteiger partial charge in [-0.2, -0.15) is 0 Å². The summed E-state index contributed by atoms with van der Waals surface area (Å²) in [5.74, 6) is -0.545. The molecule has 2 aliphatic heterocycles. The Balaban J connectivity index is 1.40. The lowest BCUT2D eigenvalue weighted by atomic mass is 10.0. The topological polar surface area (TPSA) is 79.8 Å². The van der Waals surface area contributed by atoms with Crippen molar-refractivity contribution in [2.45, 2.75) is 12.5 Å². The largest absolute Gasteiger partial charge is 0.489 e. The van der Waals surface area contributed by atoms with Gasteiger partial charge in [-0.25, -0.2) is 4.39 Å². The Morgan fingerprint density at radius 1 is 1.21 bits per heavy atom. The highest BCUT2D eigenvalue weighted by Crippen LogP contribution is 2.26. The highest BCUT2D eigenvalue weighted by Gasteiger charge is 2.28. The van der Waals surface area contributed by atoms with Crippen LogP contribution >= 0.6 is 0 Å². The smallest absolute Gasteiger partial charge is 0.270 e. The van der Waals surface area contributed by atoms with E-state index >= 15 is 0 Å². The lowest BCUT2D eigenvalue weighted by Crippen LogP contribution is -2.48. The van der Waals surface area contributed by atoms with E-state index in [1.807, 2.05) is 0 Å². The molecule has 28 heavy (non-hydrogen) atoms. The van der Waals surface area contributed by atoms with Crippen LogP contribution in [0.2, 0.25) is 0 Å². The number of ether oxygens (including phenoxy) is 1. The second-order valence-electron chi connectivity index (χ2n) is 6.59. The average Bonchev–Trinajstić information content (AvgIpc) is 3.10. The van der Waals surface area contributed by atoms with Crippen LogP contribution in [0.25, 0.3) is 0 Å². The summed E-state index contributed by atoms with van der Waals surface area (Å²) in [6.07, 6.45) is 2.03.